The van der Waals surface area contributed by atoms with Gasteiger partial charge in [0.1, 0.15) is 0 Å². The topological polar surface area (TPSA) is 46.9 Å². The standard InChI is InChI=1S/C16H17ClF3N3OS/c1-10(2)23-14(16(18,19)20)13(9-22-23)15(24)21-7-8-25-12-5-3-11(17)4-6-12/h3-6,9-10H,7-8H2,1-2H3,(H,21,24). The lowest BCUT2D eigenvalue weighted by Crippen LogP contribution is -2.28. The lowest BCUT2D eigenvalue weighted by molar-refractivity contribution is -0.145. The SMILES string of the molecule is CC(C)n1ncc(C(=O)NCCSc2ccc(Cl)cc2)c1C(F)(F)F. The molecular weight excluding hydrogens is 375 g/mol. The first-order valence-corrected chi connectivity index (χ1v) is 8.87. The van der Waals surface area contributed by atoms with E-state index in [9.17, 15) is 18.0 Å². The van der Waals surface area contributed by atoms with Crippen molar-refractivity contribution in [3.63, 3.8) is 0 Å². The third kappa shape index (κ3) is 5.15. The Hall–Kier alpha value is -1.67. The number of thioether (sulfide) groups is 1. The summed E-state index contributed by atoms with van der Waals surface area (Å²) < 4.78 is 40.6. The highest BCUT2D eigenvalue weighted by Gasteiger charge is 2.40. The fourth-order valence-corrected chi connectivity index (χ4v) is 3.06. The normalized spacial score (nSPS) is 11.8. The highest BCUT2D eigenvalue weighted by molar-refractivity contribution is 7.99. The fraction of sp³-hybridized carbons (Fsp3) is 0.375. The molecule has 4 nitrogen and oxygen atoms in total. The Balaban J connectivity index is 1.98. The van der Waals surface area contributed by atoms with Crippen LogP contribution in [0.15, 0.2) is 35.4 Å². The zero-order valence-electron chi connectivity index (χ0n) is 13.6. The zero-order valence-corrected chi connectivity index (χ0v) is 15.2. The smallest absolute Gasteiger partial charge is 0.351 e. The molecule has 0 bridgehead atoms. The summed E-state index contributed by atoms with van der Waals surface area (Å²) in [4.78, 5) is 13.1. The number of aromatic nitrogens is 2. The number of carbonyl (C=O) groups is 1. The molecule has 0 aliphatic carbocycles. The van der Waals surface area contributed by atoms with E-state index in [0.29, 0.717) is 10.8 Å². The Morgan fingerprint density at radius 3 is 2.52 bits per heavy atom. The molecule has 0 fully saturated rings. The van der Waals surface area contributed by atoms with E-state index in [0.717, 1.165) is 15.8 Å². The number of nitrogens with one attached hydrogen (secondary N) is 1. The summed E-state index contributed by atoms with van der Waals surface area (Å²) in [6.07, 6.45) is -3.68. The van der Waals surface area contributed by atoms with Crippen LogP contribution in [0.5, 0.6) is 0 Å². The molecule has 0 aliphatic heterocycles. The maximum atomic E-state index is 13.2. The summed E-state index contributed by atoms with van der Waals surface area (Å²) in [6, 6.07) is 6.67. The number of hydrogen-bond acceptors (Lipinski definition) is 3. The van der Waals surface area contributed by atoms with Gasteiger partial charge in [-0.3, -0.25) is 9.48 Å². The summed E-state index contributed by atoms with van der Waals surface area (Å²) in [7, 11) is 0. The molecule has 0 aliphatic rings. The Kier molecular flexibility index (Phi) is 6.40. The van der Waals surface area contributed by atoms with Crippen LogP contribution in [0.25, 0.3) is 0 Å². The lowest BCUT2D eigenvalue weighted by Gasteiger charge is -2.15. The van der Waals surface area contributed by atoms with E-state index < -0.39 is 29.4 Å². The molecule has 1 aromatic carbocycles. The molecule has 0 unspecified atom stereocenters. The van der Waals surface area contributed by atoms with Crippen LogP contribution >= 0.6 is 23.4 Å². The second kappa shape index (κ2) is 8.14. The highest BCUT2D eigenvalue weighted by atomic mass is 35.5. The van der Waals surface area contributed by atoms with Gasteiger partial charge in [0.25, 0.3) is 5.91 Å². The number of hydrogen-bond donors (Lipinski definition) is 1. The molecule has 2 aromatic rings. The second-order valence-electron chi connectivity index (χ2n) is 5.50. The third-order valence-electron chi connectivity index (χ3n) is 3.27. The van der Waals surface area contributed by atoms with Crippen molar-refractivity contribution in [2.24, 2.45) is 0 Å². The molecule has 1 heterocycles. The van der Waals surface area contributed by atoms with Gasteiger partial charge in [0.05, 0.1) is 11.8 Å². The number of halogens is 4. The zero-order chi connectivity index (χ0) is 18.6. The van der Waals surface area contributed by atoms with Crippen molar-refractivity contribution in [3.8, 4) is 0 Å². The van der Waals surface area contributed by atoms with Gasteiger partial charge < -0.3 is 5.32 Å². The first-order valence-electron chi connectivity index (χ1n) is 7.51. The van der Waals surface area contributed by atoms with Crippen LogP contribution in [0.4, 0.5) is 13.2 Å². The quantitative estimate of drug-likeness (QED) is 0.575. The Morgan fingerprint density at radius 2 is 1.96 bits per heavy atom. The number of carbonyl (C=O) groups excluding carboxylic acids is 1. The van der Waals surface area contributed by atoms with E-state index in [2.05, 4.69) is 10.4 Å². The van der Waals surface area contributed by atoms with Crippen molar-refractivity contribution in [2.75, 3.05) is 12.3 Å². The summed E-state index contributed by atoms with van der Waals surface area (Å²) in [5.74, 6) is -0.261. The molecular formula is C16H17ClF3N3OS. The monoisotopic (exact) mass is 391 g/mol. The lowest BCUT2D eigenvalue weighted by atomic mass is 10.2. The molecule has 2 rings (SSSR count). The number of amides is 1. The van der Waals surface area contributed by atoms with E-state index in [1.165, 1.54) is 11.8 Å². The van der Waals surface area contributed by atoms with E-state index in [1.54, 1.807) is 26.0 Å². The van der Waals surface area contributed by atoms with Crippen LogP contribution in [0.2, 0.25) is 5.02 Å². The Morgan fingerprint density at radius 1 is 1.32 bits per heavy atom. The molecule has 1 aromatic heterocycles. The van der Waals surface area contributed by atoms with Crippen molar-refractivity contribution >= 4 is 29.3 Å². The number of rotatable bonds is 6. The van der Waals surface area contributed by atoms with Crippen molar-refractivity contribution < 1.29 is 18.0 Å². The first-order chi connectivity index (χ1) is 11.7. The minimum Gasteiger partial charge on any atom is -0.351 e. The second-order valence-corrected chi connectivity index (χ2v) is 7.11. The molecule has 25 heavy (non-hydrogen) atoms. The van der Waals surface area contributed by atoms with Gasteiger partial charge in [0.15, 0.2) is 5.69 Å². The van der Waals surface area contributed by atoms with Crippen molar-refractivity contribution in [1.29, 1.82) is 0 Å². The first kappa shape index (κ1) is 19.7. The minimum absolute atomic E-state index is 0.232. The predicted molar refractivity (Wildman–Crippen MR) is 92.1 cm³/mol. The maximum absolute atomic E-state index is 13.2. The maximum Gasteiger partial charge on any atom is 0.433 e. The summed E-state index contributed by atoms with van der Waals surface area (Å²) >= 11 is 7.26. The van der Waals surface area contributed by atoms with E-state index in [-0.39, 0.29) is 6.54 Å². The molecule has 136 valence electrons. The fourth-order valence-electron chi connectivity index (χ4n) is 2.16. The van der Waals surface area contributed by atoms with Crippen LogP contribution < -0.4 is 5.32 Å². The van der Waals surface area contributed by atoms with Gasteiger partial charge in [-0.05, 0) is 38.1 Å². The van der Waals surface area contributed by atoms with Gasteiger partial charge in [-0.1, -0.05) is 11.6 Å². The Bertz CT molecular complexity index is 729. The average Bonchev–Trinajstić information content (AvgIpc) is 2.98. The van der Waals surface area contributed by atoms with E-state index >= 15 is 0 Å². The van der Waals surface area contributed by atoms with Crippen LogP contribution in [0.1, 0.15) is 35.9 Å². The van der Waals surface area contributed by atoms with Gasteiger partial charge >= 0.3 is 6.18 Å². The summed E-state index contributed by atoms with van der Waals surface area (Å²) in [6.45, 7) is 3.38. The minimum atomic E-state index is -4.65. The number of benzene rings is 1. The van der Waals surface area contributed by atoms with Gasteiger partial charge in [-0.25, -0.2) is 0 Å². The molecule has 0 radical (unpaired) electrons. The van der Waals surface area contributed by atoms with Crippen molar-refractivity contribution in [3.05, 3.63) is 46.7 Å². The van der Waals surface area contributed by atoms with Crippen LogP contribution in [0, 0.1) is 0 Å². The Labute approximate surface area is 152 Å². The van der Waals surface area contributed by atoms with Crippen LogP contribution in [0.3, 0.4) is 0 Å². The molecule has 0 spiro atoms. The number of alkyl halides is 3. The summed E-state index contributed by atoms with van der Waals surface area (Å²) in [5, 5.41) is 6.84. The molecule has 0 saturated heterocycles. The molecule has 1 amide bonds. The van der Waals surface area contributed by atoms with Crippen LogP contribution in [-0.2, 0) is 6.18 Å². The van der Waals surface area contributed by atoms with Gasteiger partial charge in [0, 0.05) is 28.3 Å². The van der Waals surface area contributed by atoms with E-state index in [4.69, 9.17) is 11.6 Å². The van der Waals surface area contributed by atoms with Crippen LogP contribution in [-0.4, -0.2) is 28.0 Å². The molecule has 9 heteroatoms. The van der Waals surface area contributed by atoms with Crippen molar-refractivity contribution in [2.45, 2.75) is 31.0 Å². The van der Waals surface area contributed by atoms with Gasteiger partial charge in [0.2, 0.25) is 0 Å². The summed E-state index contributed by atoms with van der Waals surface area (Å²) in [5.41, 5.74) is -1.48. The molecule has 1 N–H and O–H groups in total. The molecule has 0 saturated carbocycles. The highest BCUT2D eigenvalue weighted by Crippen LogP contribution is 2.33. The number of nitrogens with zero attached hydrogens (tertiary/aromatic N) is 2. The average molecular weight is 392 g/mol. The third-order valence-corrected chi connectivity index (χ3v) is 4.53. The predicted octanol–water partition coefficient (Wildman–Crippen LogP) is 4.66. The largest absolute Gasteiger partial charge is 0.433 e. The van der Waals surface area contributed by atoms with E-state index in [1.807, 2.05) is 12.1 Å². The molecule has 0 atom stereocenters. The van der Waals surface area contributed by atoms with Gasteiger partial charge in [-0.15, -0.1) is 11.8 Å². The van der Waals surface area contributed by atoms with Crippen molar-refractivity contribution in [1.82, 2.24) is 15.1 Å². The van der Waals surface area contributed by atoms with Gasteiger partial charge in [-0.2, -0.15) is 18.3 Å².